The molecule has 0 unspecified atom stereocenters. The zero-order valence-corrected chi connectivity index (χ0v) is 34.5. The van der Waals surface area contributed by atoms with Crippen LogP contribution in [0.3, 0.4) is 0 Å². The second-order valence-corrected chi connectivity index (χ2v) is 16.7. The number of hydrogen-bond acceptors (Lipinski definition) is 2. The Bertz CT molecular complexity index is 3950. The Balaban J connectivity index is 1.30. The van der Waals surface area contributed by atoms with Crippen LogP contribution in [0.1, 0.15) is 0 Å². The van der Waals surface area contributed by atoms with Crippen LogP contribution in [0.2, 0.25) is 0 Å². The van der Waals surface area contributed by atoms with Crippen LogP contribution in [0.25, 0.3) is 120 Å². The van der Waals surface area contributed by atoms with Crippen molar-refractivity contribution in [2.24, 2.45) is 0 Å². The smallest absolute Gasteiger partial charge is 0.194 e. The Morgan fingerprint density at radius 1 is 0.281 bits per heavy atom. The summed E-state index contributed by atoms with van der Waals surface area (Å²) in [5.41, 5.74) is 10.6. The minimum atomic E-state index is 0.0192. The third-order valence-electron chi connectivity index (χ3n) is 13.2. The first-order chi connectivity index (χ1) is 31.6. The van der Waals surface area contributed by atoms with Crippen molar-refractivity contribution in [2.45, 2.75) is 0 Å². The number of hydrogen-bond donors (Lipinski definition) is 0. The zero-order chi connectivity index (χ0) is 42.5. The molecule has 0 aliphatic heterocycles. The van der Waals surface area contributed by atoms with Gasteiger partial charge < -0.3 is 9.13 Å². The van der Waals surface area contributed by atoms with Crippen molar-refractivity contribution in [3.05, 3.63) is 239 Å². The Hall–Kier alpha value is -8.60. The summed E-state index contributed by atoms with van der Waals surface area (Å²) in [6.07, 6.45) is 0. The lowest BCUT2D eigenvalue weighted by atomic mass is 9.88. The van der Waals surface area contributed by atoms with Crippen LogP contribution in [0, 0.1) is 0 Å². The highest BCUT2D eigenvalue weighted by molar-refractivity contribution is 6.33. The van der Waals surface area contributed by atoms with Crippen LogP contribution in [0.15, 0.2) is 228 Å². The average Bonchev–Trinajstić information content (AvgIpc) is 3.78. The molecular weight excluding hydrogens is 781 g/mol. The minimum Gasteiger partial charge on any atom is -0.309 e. The van der Waals surface area contributed by atoms with Crippen LogP contribution < -0.4 is 10.9 Å². The number of fused-ring (bicyclic) bond motifs is 10. The molecule has 0 saturated carbocycles. The summed E-state index contributed by atoms with van der Waals surface area (Å²) in [5.74, 6) is 0. The third-order valence-corrected chi connectivity index (χ3v) is 13.2. The molecule has 64 heavy (non-hydrogen) atoms. The van der Waals surface area contributed by atoms with Gasteiger partial charge in [-0.25, -0.2) is 0 Å². The van der Waals surface area contributed by atoms with Crippen molar-refractivity contribution in [3.8, 4) is 33.6 Å². The second kappa shape index (κ2) is 14.0. The molecule has 13 rings (SSSR count). The Morgan fingerprint density at radius 3 is 1.06 bits per heavy atom. The van der Waals surface area contributed by atoms with Gasteiger partial charge in [-0.3, -0.25) is 9.59 Å². The first-order valence-corrected chi connectivity index (χ1v) is 21.7. The largest absolute Gasteiger partial charge is 0.309 e. The summed E-state index contributed by atoms with van der Waals surface area (Å²) in [6.45, 7) is 0. The molecule has 2 aromatic heterocycles. The Morgan fingerprint density at radius 2 is 0.625 bits per heavy atom. The van der Waals surface area contributed by atoms with E-state index >= 15 is 0 Å². The summed E-state index contributed by atoms with van der Waals surface area (Å²) in [4.78, 5) is 28.5. The molecule has 0 amide bonds. The molecule has 298 valence electrons. The second-order valence-electron chi connectivity index (χ2n) is 16.7. The van der Waals surface area contributed by atoms with E-state index in [4.69, 9.17) is 0 Å². The molecule has 13 aromatic rings. The van der Waals surface area contributed by atoms with E-state index in [1.807, 2.05) is 60.7 Å². The van der Waals surface area contributed by atoms with E-state index in [1.165, 1.54) is 0 Å². The summed E-state index contributed by atoms with van der Waals surface area (Å²) in [6, 6.07) is 75.4. The summed E-state index contributed by atoms with van der Waals surface area (Å²) in [7, 11) is 0. The molecule has 0 radical (unpaired) electrons. The number of aromatic nitrogens is 2. The normalized spacial score (nSPS) is 11.9. The molecule has 0 fully saturated rings. The third kappa shape index (κ3) is 5.23. The van der Waals surface area contributed by atoms with Crippen molar-refractivity contribution < 1.29 is 0 Å². The van der Waals surface area contributed by atoms with Gasteiger partial charge >= 0.3 is 0 Å². The van der Waals surface area contributed by atoms with Gasteiger partial charge in [0.2, 0.25) is 0 Å². The summed E-state index contributed by atoms with van der Waals surface area (Å²) >= 11 is 0. The van der Waals surface area contributed by atoms with Gasteiger partial charge in [0.15, 0.2) is 10.9 Å². The molecule has 0 aliphatic carbocycles. The number of para-hydroxylation sites is 4. The van der Waals surface area contributed by atoms with Crippen LogP contribution in [0.4, 0.5) is 0 Å². The molecule has 0 aliphatic rings. The molecule has 0 atom stereocenters. The van der Waals surface area contributed by atoms with E-state index < -0.39 is 0 Å². The van der Waals surface area contributed by atoms with Crippen molar-refractivity contribution in [1.82, 2.24) is 9.13 Å². The molecule has 0 N–H and O–H groups in total. The van der Waals surface area contributed by atoms with Crippen molar-refractivity contribution in [2.75, 3.05) is 0 Å². The molecule has 11 aromatic carbocycles. The quantitative estimate of drug-likeness (QED) is 0.178. The van der Waals surface area contributed by atoms with Crippen LogP contribution in [0.5, 0.6) is 0 Å². The van der Waals surface area contributed by atoms with E-state index in [2.05, 4.69) is 167 Å². The highest BCUT2D eigenvalue weighted by Crippen LogP contribution is 2.52. The lowest BCUT2D eigenvalue weighted by Crippen LogP contribution is -2.01. The molecule has 2 heterocycles. The van der Waals surface area contributed by atoms with Gasteiger partial charge in [-0.05, 0) is 93.3 Å². The van der Waals surface area contributed by atoms with E-state index in [1.54, 1.807) is 0 Å². The first-order valence-electron chi connectivity index (χ1n) is 21.7. The highest BCUT2D eigenvalue weighted by Gasteiger charge is 2.29. The standard InChI is InChI=1S/C60H36N2O2/c63-59-45-21-9-7-15-37(45)27-29-39-35-41(31-33-47(39)59)53-56-50-24-12-14-26-52(50)62(44-19-5-2-6-20-44)58(56)54(42-32-34-48-40(36-42)30-28-38-16-8-10-22-46(38)60(48)64)55-49-23-11-13-25-51(49)61(57(53)55)43-17-3-1-4-18-43/h1-36H. The Kier molecular flexibility index (Phi) is 7.87. The highest BCUT2D eigenvalue weighted by atomic mass is 16.1. The molecule has 0 spiro atoms. The number of benzene rings is 9. The first kappa shape index (κ1) is 36.1. The fourth-order valence-corrected chi connectivity index (χ4v) is 10.4. The van der Waals surface area contributed by atoms with Crippen molar-refractivity contribution in [3.63, 3.8) is 0 Å². The zero-order valence-electron chi connectivity index (χ0n) is 34.5. The van der Waals surface area contributed by atoms with Crippen LogP contribution in [-0.2, 0) is 0 Å². The monoisotopic (exact) mass is 816 g/mol. The maximum absolute atomic E-state index is 14.2. The van der Waals surface area contributed by atoms with Gasteiger partial charge in [0.25, 0.3) is 0 Å². The van der Waals surface area contributed by atoms with E-state index in [0.29, 0.717) is 21.5 Å². The molecular formula is C60H36N2O2. The van der Waals surface area contributed by atoms with E-state index in [-0.39, 0.29) is 10.9 Å². The van der Waals surface area contributed by atoms with Gasteiger partial charge in [-0.2, -0.15) is 0 Å². The minimum absolute atomic E-state index is 0.0192. The lowest BCUT2D eigenvalue weighted by Gasteiger charge is -2.19. The van der Waals surface area contributed by atoms with Gasteiger partial charge in [-0.15, -0.1) is 0 Å². The summed E-state index contributed by atoms with van der Waals surface area (Å²) < 4.78 is 4.84. The van der Waals surface area contributed by atoms with Gasteiger partial charge in [0.05, 0.1) is 22.1 Å². The topological polar surface area (TPSA) is 44.0 Å². The van der Waals surface area contributed by atoms with Gasteiger partial charge in [0, 0.05) is 65.6 Å². The van der Waals surface area contributed by atoms with E-state index in [9.17, 15) is 9.59 Å². The van der Waals surface area contributed by atoms with Crippen molar-refractivity contribution in [1.29, 1.82) is 0 Å². The number of nitrogens with zero attached hydrogens (tertiary/aromatic N) is 2. The predicted molar refractivity (Wildman–Crippen MR) is 269 cm³/mol. The maximum Gasteiger partial charge on any atom is 0.194 e. The molecule has 0 saturated heterocycles. The summed E-state index contributed by atoms with van der Waals surface area (Å²) in [5, 5.41) is 10.8. The number of rotatable bonds is 4. The Labute approximate surface area is 366 Å². The van der Waals surface area contributed by atoms with Crippen LogP contribution in [-0.4, -0.2) is 9.13 Å². The fourth-order valence-electron chi connectivity index (χ4n) is 10.4. The van der Waals surface area contributed by atoms with Gasteiger partial charge in [-0.1, -0.05) is 158 Å². The van der Waals surface area contributed by atoms with Crippen molar-refractivity contribution >= 4 is 86.7 Å². The molecule has 0 bridgehead atoms. The predicted octanol–water partition coefficient (Wildman–Crippen LogP) is 14.5. The fraction of sp³-hybridized carbons (Fsp3) is 0. The maximum atomic E-state index is 14.2. The lowest BCUT2D eigenvalue weighted by molar-refractivity contribution is 1.18. The van der Waals surface area contributed by atoms with Crippen LogP contribution >= 0.6 is 0 Å². The van der Waals surface area contributed by atoms with E-state index in [0.717, 1.165) is 98.8 Å². The molecule has 4 nitrogen and oxygen atoms in total. The SMILES string of the molecule is O=c1c2ccccc2ccc2cc(-c3c4c5ccccc5n(-c5ccccc5)c4c(-c4ccc5c(=O)c6ccccc6ccc5c4)c4c5ccccc5n(-c5ccccc5)c34)ccc12. The average molecular weight is 817 g/mol. The molecule has 4 heteroatoms. The van der Waals surface area contributed by atoms with Gasteiger partial charge in [0.1, 0.15) is 0 Å².